The molecule has 0 spiro atoms. The fourth-order valence-electron chi connectivity index (χ4n) is 1.92. The normalized spacial score (nSPS) is 25.1. The summed E-state index contributed by atoms with van der Waals surface area (Å²) in [6.07, 6.45) is 1.07. The van der Waals surface area contributed by atoms with E-state index in [1.54, 1.807) is 12.1 Å². The molecule has 0 aliphatic heterocycles. The van der Waals surface area contributed by atoms with Gasteiger partial charge >= 0.3 is 0 Å². The average Bonchev–Trinajstić information content (AvgIpc) is 2.89. The molecule has 1 nitrogen and oxygen atoms in total. The van der Waals surface area contributed by atoms with Gasteiger partial charge in [0.2, 0.25) is 0 Å². The van der Waals surface area contributed by atoms with Crippen LogP contribution in [0.15, 0.2) is 18.2 Å². The summed E-state index contributed by atoms with van der Waals surface area (Å²) in [6.45, 7) is 0.955. The van der Waals surface area contributed by atoms with Gasteiger partial charge in [-0.05, 0) is 55.6 Å². The Morgan fingerprint density at radius 2 is 2.36 bits per heavy atom. The van der Waals surface area contributed by atoms with E-state index in [1.807, 2.05) is 7.05 Å². The van der Waals surface area contributed by atoms with Crippen LogP contribution in [0.1, 0.15) is 17.9 Å². The van der Waals surface area contributed by atoms with Crippen LogP contribution in [-0.2, 0) is 0 Å². The summed E-state index contributed by atoms with van der Waals surface area (Å²) in [5, 5.41) is 3.73. The molecule has 0 radical (unpaired) electrons. The third-order valence-electron chi connectivity index (χ3n) is 2.75. The van der Waals surface area contributed by atoms with Crippen molar-refractivity contribution in [1.82, 2.24) is 5.32 Å². The van der Waals surface area contributed by atoms with E-state index < -0.39 is 0 Å². The first kappa shape index (κ1) is 9.94. The second kappa shape index (κ2) is 3.87. The summed E-state index contributed by atoms with van der Waals surface area (Å²) in [5.41, 5.74) is 0.776. The molecule has 1 fully saturated rings. The van der Waals surface area contributed by atoms with Gasteiger partial charge in [-0.3, -0.25) is 0 Å². The molecule has 0 saturated heterocycles. The van der Waals surface area contributed by atoms with Crippen LogP contribution in [0.3, 0.4) is 0 Å². The molecule has 1 saturated carbocycles. The highest BCUT2D eigenvalue weighted by molar-refractivity contribution is 6.30. The molecule has 76 valence electrons. The second-order valence-corrected chi connectivity index (χ2v) is 4.26. The summed E-state index contributed by atoms with van der Waals surface area (Å²) in [7, 11) is 1.92. The van der Waals surface area contributed by atoms with Gasteiger partial charge in [-0.15, -0.1) is 0 Å². The third-order valence-corrected chi connectivity index (χ3v) is 2.98. The molecule has 2 atom stereocenters. The lowest BCUT2D eigenvalue weighted by molar-refractivity contribution is 0.602. The molecule has 0 heterocycles. The Kier molecular flexibility index (Phi) is 2.75. The first-order valence-electron chi connectivity index (χ1n) is 4.82. The highest BCUT2D eigenvalue weighted by atomic mass is 35.5. The number of benzene rings is 1. The molecule has 1 aliphatic carbocycles. The molecule has 0 amide bonds. The van der Waals surface area contributed by atoms with Crippen molar-refractivity contribution in [3.05, 3.63) is 34.6 Å². The van der Waals surface area contributed by atoms with Crippen LogP contribution >= 0.6 is 11.6 Å². The minimum absolute atomic E-state index is 0.127. The fraction of sp³-hybridized carbons (Fsp3) is 0.455. The van der Waals surface area contributed by atoms with E-state index in [-0.39, 0.29) is 5.82 Å². The minimum atomic E-state index is -0.127. The van der Waals surface area contributed by atoms with Crippen LogP contribution in [-0.4, -0.2) is 13.6 Å². The van der Waals surface area contributed by atoms with Crippen LogP contribution in [0.4, 0.5) is 4.39 Å². The lowest BCUT2D eigenvalue weighted by atomic mass is 10.1. The maximum atomic E-state index is 13.4. The summed E-state index contributed by atoms with van der Waals surface area (Å²) < 4.78 is 13.4. The number of halogens is 2. The van der Waals surface area contributed by atoms with Crippen LogP contribution < -0.4 is 5.32 Å². The number of rotatable bonds is 3. The van der Waals surface area contributed by atoms with Crippen molar-refractivity contribution in [2.45, 2.75) is 12.3 Å². The van der Waals surface area contributed by atoms with Gasteiger partial charge in [-0.2, -0.15) is 0 Å². The van der Waals surface area contributed by atoms with Crippen molar-refractivity contribution in [2.24, 2.45) is 5.92 Å². The van der Waals surface area contributed by atoms with Crippen LogP contribution in [0.25, 0.3) is 0 Å². The van der Waals surface area contributed by atoms with Gasteiger partial charge < -0.3 is 5.32 Å². The molecule has 3 heteroatoms. The fourth-order valence-corrected chi connectivity index (χ4v) is 2.10. The zero-order chi connectivity index (χ0) is 10.1. The monoisotopic (exact) mass is 213 g/mol. The van der Waals surface area contributed by atoms with Crippen LogP contribution in [0, 0.1) is 11.7 Å². The van der Waals surface area contributed by atoms with Gasteiger partial charge in [-0.1, -0.05) is 11.6 Å². The largest absolute Gasteiger partial charge is 0.319 e. The van der Waals surface area contributed by atoms with Crippen molar-refractivity contribution in [3.63, 3.8) is 0 Å². The molecule has 2 unspecified atom stereocenters. The van der Waals surface area contributed by atoms with Gasteiger partial charge in [-0.25, -0.2) is 4.39 Å². The molecule has 1 aromatic carbocycles. The van der Waals surface area contributed by atoms with E-state index in [9.17, 15) is 4.39 Å². The predicted molar refractivity (Wildman–Crippen MR) is 56.2 cm³/mol. The average molecular weight is 214 g/mol. The first-order chi connectivity index (χ1) is 6.72. The quantitative estimate of drug-likeness (QED) is 0.814. The predicted octanol–water partition coefficient (Wildman–Crippen LogP) is 2.80. The summed E-state index contributed by atoms with van der Waals surface area (Å²) in [6, 6.07) is 4.79. The van der Waals surface area contributed by atoms with E-state index in [2.05, 4.69) is 5.32 Å². The molecule has 1 N–H and O–H groups in total. The Labute approximate surface area is 88.3 Å². The lowest BCUT2D eigenvalue weighted by Crippen LogP contribution is -2.10. The number of hydrogen-bond acceptors (Lipinski definition) is 1. The van der Waals surface area contributed by atoms with E-state index in [0.29, 0.717) is 16.9 Å². The number of hydrogen-bond donors (Lipinski definition) is 1. The standard InChI is InChI=1S/C11H13ClFN/c1-14-6-7-4-9(7)10-5-8(12)2-3-11(10)13/h2-3,5,7,9,14H,4,6H2,1H3. The summed E-state index contributed by atoms with van der Waals surface area (Å²) >= 11 is 5.83. The highest BCUT2D eigenvalue weighted by Gasteiger charge is 2.39. The smallest absolute Gasteiger partial charge is 0.126 e. The molecule has 1 aliphatic rings. The first-order valence-corrected chi connectivity index (χ1v) is 5.19. The zero-order valence-electron chi connectivity index (χ0n) is 8.06. The molecule has 0 aromatic heterocycles. The van der Waals surface area contributed by atoms with Crippen molar-refractivity contribution < 1.29 is 4.39 Å². The van der Waals surface area contributed by atoms with Crippen LogP contribution in [0.2, 0.25) is 5.02 Å². The van der Waals surface area contributed by atoms with Crippen molar-refractivity contribution >= 4 is 11.6 Å². The summed E-state index contributed by atoms with van der Waals surface area (Å²) in [5.74, 6) is 0.812. The topological polar surface area (TPSA) is 12.0 Å². The van der Waals surface area contributed by atoms with E-state index in [0.717, 1.165) is 18.5 Å². The molecule has 2 rings (SSSR count). The Bertz CT molecular complexity index is 340. The van der Waals surface area contributed by atoms with Gasteiger partial charge in [0.15, 0.2) is 0 Å². The van der Waals surface area contributed by atoms with Gasteiger partial charge in [0.05, 0.1) is 0 Å². The van der Waals surface area contributed by atoms with Gasteiger partial charge in [0.1, 0.15) is 5.82 Å². The van der Waals surface area contributed by atoms with Crippen molar-refractivity contribution in [1.29, 1.82) is 0 Å². The Balaban J connectivity index is 2.14. The molecular weight excluding hydrogens is 201 g/mol. The molecule has 1 aromatic rings. The highest BCUT2D eigenvalue weighted by Crippen LogP contribution is 2.48. The van der Waals surface area contributed by atoms with Crippen molar-refractivity contribution in [2.75, 3.05) is 13.6 Å². The maximum absolute atomic E-state index is 13.4. The minimum Gasteiger partial charge on any atom is -0.319 e. The summed E-state index contributed by atoms with van der Waals surface area (Å²) in [4.78, 5) is 0. The Morgan fingerprint density at radius 3 is 3.07 bits per heavy atom. The van der Waals surface area contributed by atoms with Gasteiger partial charge in [0, 0.05) is 5.02 Å². The maximum Gasteiger partial charge on any atom is 0.126 e. The lowest BCUT2D eigenvalue weighted by Gasteiger charge is -2.02. The Morgan fingerprint density at radius 1 is 1.57 bits per heavy atom. The van der Waals surface area contributed by atoms with Gasteiger partial charge in [0.25, 0.3) is 0 Å². The zero-order valence-corrected chi connectivity index (χ0v) is 8.81. The van der Waals surface area contributed by atoms with E-state index in [1.165, 1.54) is 6.07 Å². The molecule has 0 bridgehead atoms. The van der Waals surface area contributed by atoms with Crippen LogP contribution in [0.5, 0.6) is 0 Å². The van der Waals surface area contributed by atoms with Crippen molar-refractivity contribution in [3.8, 4) is 0 Å². The molecular formula is C11H13ClFN. The number of nitrogens with one attached hydrogen (secondary N) is 1. The van der Waals surface area contributed by atoms with E-state index in [4.69, 9.17) is 11.6 Å². The van der Waals surface area contributed by atoms with E-state index >= 15 is 0 Å². The third kappa shape index (κ3) is 1.91. The second-order valence-electron chi connectivity index (χ2n) is 3.83. The Hall–Kier alpha value is -0.600. The molecule has 14 heavy (non-hydrogen) atoms. The SMILES string of the molecule is CNCC1CC1c1cc(Cl)ccc1F.